The van der Waals surface area contributed by atoms with Gasteiger partial charge in [0, 0.05) is 35.3 Å². The van der Waals surface area contributed by atoms with Gasteiger partial charge in [-0.3, -0.25) is 4.98 Å². The van der Waals surface area contributed by atoms with Gasteiger partial charge in [-0.25, -0.2) is 0 Å². The molecule has 9 rings (SSSR count). The molecule has 3 aromatic heterocycles. The molecule has 1 radical (unpaired) electrons. The van der Waals surface area contributed by atoms with Crippen LogP contribution in [0.2, 0.25) is 17.3 Å². The minimum Gasteiger partial charge on any atom is -0.500 e. The Morgan fingerprint density at radius 1 is 0.661 bits per heavy atom. The van der Waals surface area contributed by atoms with E-state index in [0.717, 1.165) is 50.1 Å². The van der Waals surface area contributed by atoms with E-state index in [9.17, 15) is 0 Å². The minimum absolute atomic E-state index is 0. The van der Waals surface area contributed by atoms with Gasteiger partial charge in [-0.05, 0) is 77.3 Å². The minimum atomic E-state index is -2.21. The predicted molar refractivity (Wildman–Crippen MR) is 247 cm³/mol. The molecule has 0 amide bonds. The number of pyridine rings is 1. The van der Waals surface area contributed by atoms with Crippen LogP contribution in [0.25, 0.3) is 72.4 Å². The summed E-state index contributed by atoms with van der Waals surface area (Å²) in [5.74, 6) is 8.27. The van der Waals surface area contributed by atoms with Crippen molar-refractivity contribution in [2.24, 2.45) is 0 Å². The molecule has 6 aromatic carbocycles. The number of aromatic nitrogens is 3. The Balaban J connectivity index is 0.000000253. The molecule has 0 aliphatic rings. The smallest absolute Gasteiger partial charge is 0.120 e. The van der Waals surface area contributed by atoms with Gasteiger partial charge in [0.25, 0.3) is 0 Å². The first kappa shape index (κ1) is 34.8. The fourth-order valence-electron chi connectivity index (χ4n) is 7.48. The van der Waals surface area contributed by atoms with Crippen molar-refractivity contribution in [1.82, 2.24) is 14.5 Å². The zero-order valence-corrected chi connectivity index (χ0v) is 38.9. The zero-order chi connectivity index (χ0) is 45.7. The molecule has 9 aromatic rings. The molecule has 0 aliphatic carbocycles. The van der Waals surface area contributed by atoms with Crippen molar-refractivity contribution in [1.29, 1.82) is 0 Å². The van der Waals surface area contributed by atoms with Crippen LogP contribution in [-0.4, -0.2) is 27.8 Å². The largest absolute Gasteiger partial charge is 0.500 e. The molecule has 0 saturated heterocycles. The second kappa shape index (κ2) is 17.3. The number of hydrogen-bond donors (Lipinski definition) is 0. The molecule has 0 bridgehead atoms. The number of aryl methyl sites for hydroxylation is 2. The molecule has 0 spiro atoms. The number of rotatable bonds is 7. The van der Waals surface area contributed by atoms with E-state index in [1.54, 1.807) is 30.3 Å². The van der Waals surface area contributed by atoms with Gasteiger partial charge in [-0.1, -0.05) is 87.2 Å². The van der Waals surface area contributed by atoms with Crippen LogP contribution in [0, 0.1) is 25.8 Å². The van der Waals surface area contributed by atoms with Crippen LogP contribution in [0.5, 0.6) is 0 Å². The van der Waals surface area contributed by atoms with Crippen LogP contribution < -0.4 is 4.40 Å². The van der Waals surface area contributed by atoms with Crippen molar-refractivity contribution in [2.45, 2.75) is 70.5 Å². The Labute approximate surface area is 373 Å². The summed E-state index contributed by atoms with van der Waals surface area (Å²) >= 11 is -1.83. The summed E-state index contributed by atoms with van der Waals surface area (Å²) in [4.78, 5) is 9.66. The van der Waals surface area contributed by atoms with Gasteiger partial charge in [0.1, 0.15) is 5.58 Å². The van der Waals surface area contributed by atoms with Gasteiger partial charge < -0.3 is 8.98 Å². The fourth-order valence-corrected chi connectivity index (χ4v) is 9.65. The van der Waals surface area contributed by atoms with E-state index in [2.05, 4.69) is 127 Å². The molecule has 0 saturated carbocycles. The molecule has 4 nitrogen and oxygen atoms in total. The predicted octanol–water partition coefficient (Wildman–Crippen LogP) is 14.0. The normalized spacial score (nSPS) is 13.6. The molecule has 6 heteroatoms. The van der Waals surface area contributed by atoms with Crippen molar-refractivity contribution in [3.8, 4) is 39.5 Å². The number of benzene rings is 6. The summed E-state index contributed by atoms with van der Waals surface area (Å²) in [5.41, 5.74) is 12.3. The Bertz CT molecular complexity index is 3030. The maximum Gasteiger partial charge on any atom is 0.120 e. The summed E-state index contributed by atoms with van der Waals surface area (Å²) in [5, 5.41) is 1.61. The Hall–Kier alpha value is -5.07. The van der Waals surface area contributed by atoms with Crippen molar-refractivity contribution < 1.29 is 32.7 Å². The Kier molecular flexibility index (Phi) is 10.2. The second-order valence-corrected chi connectivity index (χ2v) is 27.2. The van der Waals surface area contributed by atoms with Crippen LogP contribution in [0.3, 0.4) is 0 Å². The van der Waals surface area contributed by atoms with Gasteiger partial charge in [-0.2, -0.15) is 0 Å². The third-order valence-corrected chi connectivity index (χ3v) is 14.9. The fraction of sp³-hybridized carbons (Fsp3) is 0.208. The average Bonchev–Trinajstić information content (AvgIpc) is 3.83. The standard InChI is InChI=1S/C38H33N2O.C15H18GeN.Ir/c1-23(2)29-21-28(26-11-7-6-8-12-26)22-30(24(3)4)37(29)40-34-14-10-9-13-33(34)39-38(40)27-16-18-36-32(20-27)31-19-25(5)15-17-35(31)41-36;1-12-5-7-13(8-6-12)15-10-9-14(11-17-15)16(2,3)4;/h6-15,17-24H,1-5H3;5-7,9-11H,1-4H3;/q2*-1;/i5D3;1D3;. The molecule has 59 heavy (non-hydrogen) atoms. The van der Waals surface area contributed by atoms with Crippen molar-refractivity contribution >= 4 is 50.6 Å². The van der Waals surface area contributed by atoms with E-state index in [1.807, 2.05) is 36.5 Å². The van der Waals surface area contributed by atoms with Gasteiger partial charge in [-0.15, -0.1) is 23.8 Å². The van der Waals surface area contributed by atoms with E-state index in [4.69, 9.17) is 17.6 Å². The molecule has 299 valence electrons. The molecule has 0 unspecified atom stereocenters. The van der Waals surface area contributed by atoms with E-state index in [-0.39, 0.29) is 37.5 Å². The number of para-hydroxylation sites is 2. The van der Waals surface area contributed by atoms with Crippen LogP contribution in [0.4, 0.5) is 0 Å². The molecule has 0 N–H and O–H groups in total. The molecule has 0 aliphatic heterocycles. The van der Waals surface area contributed by atoms with E-state index in [0.29, 0.717) is 16.7 Å². The number of furan rings is 1. The average molecular weight is 1020 g/mol. The van der Waals surface area contributed by atoms with Gasteiger partial charge >= 0.3 is 110 Å². The maximum absolute atomic E-state index is 7.93. The van der Waals surface area contributed by atoms with Crippen molar-refractivity contribution in [3.63, 3.8) is 0 Å². The second-order valence-electron chi connectivity index (χ2n) is 16.5. The quantitative estimate of drug-likeness (QED) is 0.118. The Morgan fingerprint density at radius 3 is 1.98 bits per heavy atom. The topological polar surface area (TPSA) is 43.9 Å². The monoisotopic (exact) mass is 1020 g/mol. The first-order valence-corrected chi connectivity index (χ1v) is 27.2. The third-order valence-electron chi connectivity index (χ3n) is 10.7. The zero-order valence-electron chi connectivity index (χ0n) is 40.4. The van der Waals surface area contributed by atoms with Gasteiger partial charge in [0.05, 0.1) is 22.4 Å². The van der Waals surface area contributed by atoms with Crippen LogP contribution in [0.1, 0.15) is 70.0 Å². The molecule has 0 fully saturated rings. The summed E-state index contributed by atoms with van der Waals surface area (Å²) in [6.45, 7) is 4.70. The van der Waals surface area contributed by atoms with Crippen molar-refractivity contribution in [2.75, 3.05) is 0 Å². The summed E-state index contributed by atoms with van der Waals surface area (Å²) in [6, 6.07) is 47.9. The summed E-state index contributed by atoms with van der Waals surface area (Å²) in [6.07, 6.45) is 1.95. The maximum atomic E-state index is 7.93. The first-order valence-electron chi connectivity index (χ1n) is 22.9. The molecule has 3 heterocycles. The van der Waals surface area contributed by atoms with E-state index < -0.39 is 27.0 Å². The van der Waals surface area contributed by atoms with Crippen LogP contribution in [-0.2, 0) is 20.1 Å². The summed E-state index contributed by atoms with van der Waals surface area (Å²) < 4.78 is 55.6. The third kappa shape index (κ3) is 8.66. The number of hydrogen-bond acceptors (Lipinski definition) is 3. The van der Waals surface area contributed by atoms with Crippen molar-refractivity contribution in [3.05, 3.63) is 168 Å². The van der Waals surface area contributed by atoms with E-state index >= 15 is 0 Å². The number of nitrogens with zero attached hydrogens (tertiary/aromatic N) is 3. The van der Waals surface area contributed by atoms with Crippen LogP contribution in [0.15, 0.2) is 138 Å². The number of imidazole rings is 1. The molecular weight excluding hydrogens is 959 g/mol. The molecule has 0 atom stereocenters. The van der Waals surface area contributed by atoms with Crippen LogP contribution >= 0.6 is 0 Å². The van der Waals surface area contributed by atoms with Gasteiger partial charge in [0.2, 0.25) is 0 Å². The Morgan fingerprint density at radius 2 is 1.34 bits per heavy atom. The first-order chi connectivity index (χ1) is 30.3. The van der Waals surface area contributed by atoms with E-state index in [1.165, 1.54) is 32.7 Å². The SMILES string of the molecule is [2H]C([2H])([2H])c1c[c-]c(-c2cc[c]([Ge]([CH3])([CH3])[CH3])cn2)cc1.[2H]C([2H])([2H])c1ccc2oc3c[c-]c(-c4nc5ccccc5n4-c4c(C(C)C)cc(-c5ccccc5)cc4C(C)C)cc3c2c1.[Ir]. The molecular formula is C53H51GeIrN3O-2. The number of fused-ring (bicyclic) bond motifs is 4. The van der Waals surface area contributed by atoms with Gasteiger partial charge in [0.15, 0.2) is 0 Å². The summed E-state index contributed by atoms with van der Waals surface area (Å²) in [7, 11) is 0.